The maximum Gasteiger partial charge on any atom is 0.231 e. The largest absolute Gasteiger partial charge is 0.326 e. The molecule has 1 unspecified atom stereocenters. The molecule has 0 amide bonds. The summed E-state index contributed by atoms with van der Waals surface area (Å²) in [5.74, 6) is 0. The molecule has 2 aromatic rings. The molecule has 0 N–H and O–H groups in total. The number of rotatable bonds is 6. The highest BCUT2D eigenvalue weighted by atomic mass is 31.2. The minimum absolute atomic E-state index is 0.212. The Morgan fingerprint density at radius 1 is 0.967 bits per heavy atom. The molecule has 1 atom stereocenters. The van der Waals surface area contributed by atoms with E-state index in [-0.39, 0.29) is 10.8 Å². The third-order valence-corrected chi connectivity index (χ3v) is 9.32. The number of hydrogen-bond acceptors (Lipinski definition) is 2. The van der Waals surface area contributed by atoms with Gasteiger partial charge in [-0.2, -0.15) is 0 Å². The highest BCUT2D eigenvalue weighted by Gasteiger charge is 2.36. The van der Waals surface area contributed by atoms with Gasteiger partial charge in [-0.15, -0.1) is 0 Å². The van der Waals surface area contributed by atoms with Crippen molar-refractivity contribution < 1.29 is 9.09 Å². The standard InChI is InChI=1S/C27H37O2P/c1-8-29-30(28,9-2)23-13-10-21(11-14-23)18-20(3)22-12-15-24-25(19-22)27(6,7)17-16-26(24,4)5/h10-15,18-19H,8-9,16-17H2,1-7H3/b20-18+. The first-order chi connectivity index (χ1) is 14.0. The summed E-state index contributed by atoms with van der Waals surface area (Å²) in [5, 5.41) is 0.805. The van der Waals surface area contributed by atoms with Crippen LogP contribution in [-0.2, 0) is 19.9 Å². The summed E-state index contributed by atoms with van der Waals surface area (Å²) in [7, 11) is -2.73. The number of fused-ring (bicyclic) bond motifs is 1. The van der Waals surface area contributed by atoms with Crippen LogP contribution in [0.25, 0.3) is 11.6 Å². The molecule has 0 heterocycles. The minimum Gasteiger partial charge on any atom is -0.326 e. The molecule has 1 aliphatic rings. The van der Waals surface area contributed by atoms with Crippen molar-refractivity contribution in [1.82, 2.24) is 0 Å². The zero-order valence-electron chi connectivity index (χ0n) is 19.7. The average Bonchev–Trinajstić information content (AvgIpc) is 2.72. The fourth-order valence-corrected chi connectivity index (χ4v) is 6.24. The lowest BCUT2D eigenvalue weighted by molar-refractivity contribution is 0.332. The normalized spacial score (nSPS) is 19.8. The fraction of sp³-hybridized carbons (Fsp3) is 0.481. The van der Waals surface area contributed by atoms with Crippen LogP contribution in [0.2, 0.25) is 0 Å². The van der Waals surface area contributed by atoms with Crippen LogP contribution in [0.3, 0.4) is 0 Å². The second-order valence-electron chi connectivity index (χ2n) is 9.85. The first kappa shape index (κ1) is 23.0. The van der Waals surface area contributed by atoms with Gasteiger partial charge in [0.15, 0.2) is 0 Å². The lowest BCUT2D eigenvalue weighted by Gasteiger charge is -2.42. The summed E-state index contributed by atoms with van der Waals surface area (Å²) in [6, 6.07) is 15.0. The van der Waals surface area contributed by atoms with Gasteiger partial charge in [0.25, 0.3) is 0 Å². The minimum atomic E-state index is -2.73. The lowest BCUT2D eigenvalue weighted by atomic mass is 9.63. The topological polar surface area (TPSA) is 26.3 Å². The van der Waals surface area contributed by atoms with E-state index < -0.39 is 7.37 Å². The Hall–Kier alpha value is -1.63. The van der Waals surface area contributed by atoms with E-state index in [0.29, 0.717) is 12.8 Å². The van der Waals surface area contributed by atoms with Gasteiger partial charge in [-0.05, 0) is 77.5 Å². The molecule has 0 fully saturated rings. The Morgan fingerprint density at radius 2 is 1.57 bits per heavy atom. The van der Waals surface area contributed by atoms with Crippen molar-refractivity contribution in [3.63, 3.8) is 0 Å². The molecule has 0 saturated heterocycles. The number of allylic oxidation sites excluding steroid dienone is 1. The van der Waals surface area contributed by atoms with Crippen molar-refractivity contribution in [2.24, 2.45) is 0 Å². The van der Waals surface area contributed by atoms with Crippen molar-refractivity contribution in [1.29, 1.82) is 0 Å². The molecule has 0 spiro atoms. The molecular formula is C27H37O2P. The number of hydrogen-bond donors (Lipinski definition) is 0. The quantitative estimate of drug-likeness (QED) is 0.353. The average molecular weight is 425 g/mol. The van der Waals surface area contributed by atoms with Crippen LogP contribution >= 0.6 is 7.37 Å². The maximum absolute atomic E-state index is 13.0. The van der Waals surface area contributed by atoms with E-state index >= 15 is 0 Å². The molecule has 0 bridgehead atoms. The van der Waals surface area contributed by atoms with E-state index in [9.17, 15) is 4.57 Å². The predicted octanol–water partition coefficient (Wildman–Crippen LogP) is 7.56. The van der Waals surface area contributed by atoms with E-state index in [1.54, 1.807) is 0 Å². The van der Waals surface area contributed by atoms with Crippen LogP contribution in [0.5, 0.6) is 0 Å². The Morgan fingerprint density at radius 3 is 2.13 bits per heavy atom. The van der Waals surface area contributed by atoms with Gasteiger partial charge in [-0.25, -0.2) is 0 Å². The Labute approximate surface area is 183 Å². The molecule has 2 aromatic carbocycles. The molecule has 1 aliphatic carbocycles. The Balaban J connectivity index is 1.92. The van der Waals surface area contributed by atoms with Gasteiger partial charge in [0.2, 0.25) is 7.37 Å². The molecule has 0 aromatic heterocycles. The van der Waals surface area contributed by atoms with E-state index in [4.69, 9.17) is 4.52 Å². The first-order valence-corrected chi connectivity index (χ1v) is 13.0. The first-order valence-electron chi connectivity index (χ1n) is 11.2. The van der Waals surface area contributed by atoms with Crippen molar-refractivity contribution in [3.8, 4) is 0 Å². The lowest BCUT2D eigenvalue weighted by Crippen LogP contribution is -2.33. The van der Waals surface area contributed by atoms with Crippen LogP contribution in [0.1, 0.15) is 83.6 Å². The summed E-state index contributed by atoms with van der Waals surface area (Å²) in [6.07, 6.45) is 5.19. The highest BCUT2D eigenvalue weighted by molar-refractivity contribution is 7.66. The zero-order chi connectivity index (χ0) is 22.2. The SMILES string of the molecule is CCOP(=O)(CC)c1ccc(/C=C(\C)c2ccc3c(c2)C(C)(C)CCC3(C)C)cc1. The highest BCUT2D eigenvalue weighted by Crippen LogP contribution is 2.47. The summed E-state index contributed by atoms with van der Waals surface area (Å²) < 4.78 is 18.5. The molecule has 0 saturated carbocycles. The maximum atomic E-state index is 13.0. The van der Waals surface area contributed by atoms with Crippen molar-refractivity contribution in [2.45, 2.75) is 72.1 Å². The third kappa shape index (κ3) is 4.51. The third-order valence-electron chi connectivity index (χ3n) is 6.73. The smallest absolute Gasteiger partial charge is 0.231 e. The van der Waals surface area contributed by atoms with E-state index in [0.717, 1.165) is 10.9 Å². The van der Waals surface area contributed by atoms with E-state index in [1.807, 2.05) is 38.1 Å². The van der Waals surface area contributed by atoms with Gasteiger partial charge < -0.3 is 4.52 Å². The van der Waals surface area contributed by atoms with Gasteiger partial charge in [0.1, 0.15) is 0 Å². The van der Waals surface area contributed by atoms with Crippen LogP contribution in [0.4, 0.5) is 0 Å². The van der Waals surface area contributed by atoms with Crippen molar-refractivity contribution in [3.05, 3.63) is 64.7 Å². The molecule has 2 nitrogen and oxygen atoms in total. The van der Waals surface area contributed by atoms with E-state index in [2.05, 4.69) is 58.9 Å². The van der Waals surface area contributed by atoms with Gasteiger partial charge in [0, 0.05) is 11.5 Å². The van der Waals surface area contributed by atoms with Crippen LogP contribution in [-0.4, -0.2) is 12.8 Å². The second-order valence-corrected chi connectivity index (χ2v) is 12.6. The second kappa shape index (κ2) is 8.48. The van der Waals surface area contributed by atoms with Crippen LogP contribution < -0.4 is 5.30 Å². The summed E-state index contributed by atoms with van der Waals surface area (Å²) in [6.45, 7) is 15.9. The molecule has 0 radical (unpaired) electrons. The van der Waals surface area contributed by atoms with E-state index in [1.165, 1.54) is 35.1 Å². The summed E-state index contributed by atoms with van der Waals surface area (Å²) in [5.41, 5.74) is 7.07. The van der Waals surface area contributed by atoms with Crippen molar-refractivity contribution >= 4 is 24.3 Å². The predicted molar refractivity (Wildman–Crippen MR) is 131 cm³/mol. The Kier molecular flexibility index (Phi) is 6.51. The van der Waals surface area contributed by atoms with Crippen LogP contribution in [0, 0.1) is 0 Å². The van der Waals surface area contributed by atoms with Crippen LogP contribution in [0.15, 0.2) is 42.5 Å². The van der Waals surface area contributed by atoms with Crippen molar-refractivity contribution in [2.75, 3.05) is 12.8 Å². The molecule has 162 valence electrons. The fourth-order valence-electron chi connectivity index (χ4n) is 4.52. The Bertz CT molecular complexity index is 980. The van der Waals surface area contributed by atoms with Gasteiger partial charge >= 0.3 is 0 Å². The number of benzene rings is 2. The van der Waals surface area contributed by atoms with Gasteiger partial charge in [-0.3, -0.25) is 4.57 Å². The molecular weight excluding hydrogens is 387 g/mol. The molecule has 3 heteroatoms. The monoisotopic (exact) mass is 424 g/mol. The summed E-state index contributed by atoms with van der Waals surface area (Å²) >= 11 is 0. The molecule has 30 heavy (non-hydrogen) atoms. The zero-order valence-corrected chi connectivity index (χ0v) is 20.6. The molecule has 0 aliphatic heterocycles. The summed E-state index contributed by atoms with van der Waals surface area (Å²) in [4.78, 5) is 0. The molecule has 3 rings (SSSR count). The van der Waals surface area contributed by atoms with Gasteiger partial charge in [-0.1, -0.05) is 71.0 Å². The van der Waals surface area contributed by atoms with Gasteiger partial charge in [0.05, 0.1) is 6.61 Å².